The minimum Gasteiger partial charge on any atom is -0.0654 e. The molecule has 0 aromatic heterocycles. The number of allylic oxidation sites excluding steroid dienone is 6. The summed E-state index contributed by atoms with van der Waals surface area (Å²) in [4.78, 5) is 0. The zero-order valence-electron chi connectivity index (χ0n) is 12.4. The standard InChI is InChI=1S/C19H24/c1-4-6-10-17-13-14-19(18(17)5-2)15(3)16-11-8-7-9-12-16/h7-9,11-14H,4-6,10H2,1-3H3. The second-order valence-electron chi connectivity index (χ2n) is 5.20. The van der Waals surface area contributed by atoms with Gasteiger partial charge in [-0.15, -0.1) is 0 Å². The Balaban J connectivity index is 2.35. The Kier molecular flexibility index (Phi) is 4.79. The van der Waals surface area contributed by atoms with Gasteiger partial charge in [0.15, 0.2) is 0 Å². The zero-order chi connectivity index (χ0) is 13.7. The van der Waals surface area contributed by atoms with Crippen LogP contribution in [0, 0.1) is 0 Å². The molecule has 0 fully saturated rings. The van der Waals surface area contributed by atoms with E-state index in [1.807, 2.05) is 0 Å². The molecule has 0 aliphatic heterocycles. The third kappa shape index (κ3) is 3.07. The van der Waals surface area contributed by atoms with Crippen LogP contribution in [-0.2, 0) is 0 Å². The van der Waals surface area contributed by atoms with Gasteiger partial charge in [0.05, 0.1) is 0 Å². The molecule has 0 nitrogen and oxygen atoms in total. The smallest absolute Gasteiger partial charge is 0.0187 e. The number of rotatable bonds is 5. The van der Waals surface area contributed by atoms with E-state index in [-0.39, 0.29) is 0 Å². The SMILES string of the molecule is CCCCC1=C(CC)C(=C(C)c2ccccc2)C=C1. The molecule has 0 saturated heterocycles. The van der Waals surface area contributed by atoms with Crippen molar-refractivity contribution < 1.29 is 0 Å². The van der Waals surface area contributed by atoms with Gasteiger partial charge in [0.1, 0.15) is 0 Å². The van der Waals surface area contributed by atoms with Gasteiger partial charge in [-0.05, 0) is 54.0 Å². The lowest BCUT2D eigenvalue weighted by Crippen LogP contribution is -1.91. The lowest BCUT2D eigenvalue weighted by molar-refractivity contribution is 0.792. The predicted molar refractivity (Wildman–Crippen MR) is 85.0 cm³/mol. The highest BCUT2D eigenvalue weighted by molar-refractivity contribution is 5.76. The molecular weight excluding hydrogens is 228 g/mol. The van der Waals surface area contributed by atoms with Crippen LogP contribution in [0.25, 0.3) is 5.57 Å². The molecule has 0 heteroatoms. The molecule has 0 spiro atoms. The van der Waals surface area contributed by atoms with Crippen LogP contribution >= 0.6 is 0 Å². The van der Waals surface area contributed by atoms with Gasteiger partial charge in [-0.3, -0.25) is 0 Å². The number of hydrogen-bond acceptors (Lipinski definition) is 0. The fourth-order valence-electron chi connectivity index (χ4n) is 2.77. The summed E-state index contributed by atoms with van der Waals surface area (Å²) in [5.41, 5.74) is 7.29. The van der Waals surface area contributed by atoms with E-state index >= 15 is 0 Å². The summed E-state index contributed by atoms with van der Waals surface area (Å²) < 4.78 is 0. The summed E-state index contributed by atoms with van der Waals surface area (Å²) in [5.74, 6) is 0. The average Bonchev–Trinajstić information content (AvgIpc) is 2.88. The Labute approximate surface area is 117 Å². The summed E-state index contributed by atoms with van der Waals surface area (Å²) in [6, 6.07) is 10.7. The first-order valence-electron chi connectivity index (χ1n) is 7.44. The second-order valence-corrected chi connectivity index (χ2v) is 5.20. The van der Waals surface area contributed by atoms with Gasteiger partial charge in [-0.2, -0.15) is 0 Å². The minimum atomic E-state index is 1.13. The molecule has 1 aliphatic carbocycles. The highest BCUT2D eigenvalue weighted by Gasteiger charge is 2.15. The molecule has 19 heavy (non-hydrogen) atoms. The second kappa shape index (κ2) is 6.56. The summed E-state index contributed by atoms with van der Waals surface area (Å²) in [6.07, 6.45) is 9.56. The average molecular weight is 252 g/mol. The van der Waals surface area contributed by atoms with Crippen molar-refractivity contribution in [3.05, 3.63) is 64.8 Å². The molecule has 1 aliphatic rings. The van der Waals surface area contributed by atoms with Crippen molar-refractivity contribution in [2.24, 2.45) is 0 Å². The molecule has 0 bridgehead atoms. The number of unbranched alkanes of at least 4 members (excludes halogenated alkanes) is 1. The molecule has 100 valence electrons. The fourth-order valence-corrected chi connectivity index (χ4v) is 2.77. The summed E-state index contributed by atoms with van der Waals surface area (Å²) in [5, 5.41) is 0. The fraction of sp³-hybridized carbons (Fsp3) is 0.368. The Morgan fingerprint density at radius 1 is 1.00 bits per heavy atom. The van der Waals surface area contributed by atoms with Gasteiger partial charge < -0.3 is 0 Å². The van der Waals surface area contributed by atoms with Crippen LogP contribution in [0.2, 0.25) is 0 Å². The lowest BCUT2D eigenvalue weighted by atomic mass is 9.94. The van der Waals surface area contributed by atoms with Crippen LogP contribution in [0.1, 0.15) is 52.0 Å². The number of benzene rings is 1. The van der Waals surface area contributed by atoms with E-state index in [0.717, 1.165) is 6.42 Å². The van der Waals surface area contributed by atoms with Gasteiger partial charge in [-0.25, -0.2) is 0 Å². The molecule has 0 atom stereocenters. The first-order valence-corrected chi connectivity index (χ1v) is 7.44. The number of hydrogen-bond donors (Lipinski definition) is 0. The Bertz CT molecular complexity index is 512. The third-order valence-electron chi connectivity index (χ3n) is 3.93. The Hall–Kier alpha value is -1.56. The van der Waals surface area contributed by atoms with Gasteiger partial charge in [0, 0.05) is 0 Å². The van der Waals surface area contributed by atoms with Crippen LogP contribution in [0.4, 0.5) is 0 Å². The van der Waals surface area contributed by atoms with Crippen molar-refractivity contribution in [3.63, 3.8) is 0 Å². The predicted octanol–water partition coefficient (Wildman–Crippen LogP) is 5.93. The first kappa shape index (κ1) is 13.9. The maximum Gasteiger partial charge on any atom is -0.0187 e. The molecular formula is C19H24. The summed E-state index contributed by atoms with van der Waals surface area (Å²) in [6.45, 7) is 6.77. The van der Waals surface area contributed by atoms with E-state index in [2.05, 4.69) is 63.3 Å². The Morgan fingerprint density at radius 3 is 2.37 bits per heavy atom. The van der Waals surface area contributed by atoms with Gasteiger partial charge in [-0.1, -0.05) is 62.8 Å². The van der Waals surface area contributed by atoms with Crippen molar-refractivity contribution in [1.29, 1.82) is 0 Å². The minimum absolute atomic E-state index is 1.13. The van der Waals surface area contributed by atoms with Gasteiger partial charge in [0.2, 0.25) is 0 Å². The monoisotopic (exact) mass is 252 g/mol. The van der Waals surface area contributed by atoms with Crippen molar-refractivity contribution in [2.45, 2.75) is 46.5 Å². The van der Waals surface area contributed by atoms with E-state index < -0.39 is 0 Å². The maximum atomic E-state index is 2.33. The zero-order valence-corrected chi connectivity index (χ0v) is 12.4. The van der Waals surface area contributed by atoms with Crippen LogP contribution in [-0.4, -0.2) is 0 Å². The van der Waals surface area contributed by atoms with E-state index in [0.29, 0.717) is 0 Å². The van der Waals surface area contributed by atoms with Gasteiger partial charge in [0.25, 0.3) is 0 Å². The first-order chi connectivity index (χ1) is 9.27. The molecule has 1 aromatic carbocycles. The van der Waals surface area contributed by atoms with Crippen LogP contribution in [0.5, 0.6) is 0 Å². The Morgan fingerprint density at radius 2 is 1.74 bits per heavy atom. The van der Waals surface area contributed by atoms with Gasteiger partial charge >= 0.3 is 0 Å². The van der Waals surface area contributed by atoms with Crippen molar-refractivity contribution in [3.8, 4) is 0 Å². The van der Waals surface area contributed by atoms with Crippen LogP contribution < -0.4 is 0 Å². The molecule has 2 rings (SSSR count). The quantitative estimate of drug-likeness (QED) is 0.609. The highest BCUT2D eigenvalue weighted by Crippen LogP contribution is 2.35. The largest absolute Gasteiger partial charge is 0.0654 e. The van der Waals surface area contributed by atoms with Crippen molar-refractivity contribution in [1.82, 2.24) is 0 Å². The molecule has 0 N–H and O–H groups in total. The van der Waals surface area contributed by atoms with Crippen LogP contribution in [0.15, 0.2) is 59.2 Å². The summed E-state index contributed by atoms with van der Waals surface area (Å²) >= 11 is 0. The molecule has 0 saturated carbocycles. The highest BCUT2D eigenvalue weighted by atomic mass is 14.2. The van der Waals surface area contributed by atoms with E-state index in [4.69, 9.17) is 0 Å². The maximum absolute atomic E-state index is 2.33. The molecule has 0 unspecified atom stereocenters. The van der Waals surface area contributed by atoms with E-state index in [9.17, 15) is 0 Å². The van der Waals surface area contributed by atoms with E-state index in [1.165, 1.54) is 36.0 Å². The van der Waals surface area contributed by atoms with Crippen molar-refractivity contribution in [2.75, 3.05) is 0 Å². The molecule has 0 heterocycles. The molecule has 0 amide bonds. The van der Waals surface area contributed by atoms with Crippen LogP contribution in [0.3, 0.4) is 0 Å². The third-order valence-corrected chi connectivity index (χ3v) is 3.93. The topological polar surface area (TPSA) is 0 Å². The van der Waals surface area contributed by atoms with E-state index in [1.54, 1.807) is 11.1 Å². The molecule has 0 radical (unpaired) electrons. The lowest BCUT2D eigenvalue weighted by Gasteiger charge is -2.11. The molecule has 1 aromatic rings. The normalized spacial score (nSPS) is 17.2. The van der Waals surface area contributed by atoms with Crippen molar-refractivity contribution >= 4 is 5.57 Å². The summed E-state index contributed by atoms with van der Waals surface area (Å²) in [7, 11) is 0.